The number of carbonyl (C=O) groups is 2. The van der Waals surface area contributed by atoms with E-state index < -0.39 is 4.92 Å². The molecule has 0 N–H and O–H groups in total. The Bertz CT molecular complexity index is 1230. The summed E-state index contributed by atoms with van der Waals surface area (Å²) in [5.74, 6) is 0.306. The molecule has 1 heterocycles. The molecular weight excluding hydrogens is 508 g/mol. The van der Waals surface area contributed by atoms with E-state index in [1.165, 1.54) is 17.0 Å². The zero-order valence-corrected chi connectivity index (χ0v) is 19.5. The van der Waals surface area contributed by atoms with Gasteiger partial charge in [0.15, 0.2) is 0 Å². The highest BCUT2D eigenvalue weighted by Crippen LogP contribution is 2.33. The molecule has 0 bridgehead atoms. The average molecular weight is 525 g/mol. The standard InChI is InChI=1S/C24H17BrN2O5S/c25-19-7-1-17(2-8-19)14-26-23(28)22(33-24(26)29)13-16-5-11-21(12-6-16)32-15-18-3-9-20(10-4-18)27(30)31/h1-13H,14-15H2/b22-13-. The summed E-state index contributed by atoms with van der Waals surface area (Å²) in [5.41, 5.74) is 2.48. The van der Waals surface area contributed by atoms with Crippen LogP contribution in [0.25, 0.3) is 6.08 Å². The molecule has 2 amide bonds. The van der Waals surface area contributed by atoms with E-state index in [2.05, 4.69) is 15.9 Å². The van der Waals surface area contributed by atoms with Crippen LogP contribution in [-0.2, 0) is 17.9 Å². The highest BCUT2D eigenvalue weighted by molar-refractivity contribution is 9.10. The van der Waals surface area contributed by atoms with Gasteiger partial charge in [-0.05, 0) is 70.9 Å². The van der Waals surface area contributed by atoms with Crippen LogP contribution in [0.15, 0.2) is 82.2 Å². The number of imide groups is 1. The summed E-state index contributed by atoms with van der Waals surface area (Å²) >= 11 is 4.29. The number of benzene rings is 3. The van der Waals surface area contributed by atoms with Gasteiger partial charge in [0.05, 0.1) is 16.4 Å². The van der Waals surface area contributed by atoms with Gasteiger partial charge in [-0.25, -0.2) is 0 Å². The van der Waals surface area contributed by atoms with Gasteiger partial charge in [-0.3, -0.25) is 24.6 Å². The topological polar surface area (TPSA) is 89.7 Å². The molecule has 4 rings (SSSR count). The quantitative estimate of drug-likeness (QED) is 0.208. The minimum absolute atomic E-state index is 0.0318. The number of nitro benzene ring substituents is 1. The Morgan fingerprint density at radius 3 is 2.21 bits per heavy atom. The average Bonchev–Trinajstić information content (AvgIpc) is 3.07. The van der Waals surface area contributed by atoms with Crippen LogP contribution in [0.2, 0.25) is 0 Å². The van der Waals surface area contributed by atoms with Crippen LogP contribution in [0.3, 0.4) is 0 Å². The predicted octanol–water partition coefficient (Wildman–Crippen LogP) is 6.17. The fourth-order valence-electron chi connectivity index (χ4n) is 3.10. The second kappa shape index (κ2) is 10.0. The molecule has 0 radical (unpaired) electrons. The summed E-state index contributed by atoms with van der Waals surface area (Å²) < 4.78 is 6.65. The summed E-state index contributed by atoms with van der Waals surface area (Å²) in [6.07, 6.45) is 1.69. The van der Waals surface area contributed by atoms with Crippen molar-refractivity contribution >= 4 is 50.6 Å². The molecule has 33 heavy (non-hydrogen) atoms. The number of nitrogens with zero attached hydrogens (tertiary/aromatic N) is 2. The van der Waals surface area contributed by atoms with Crippen molar-refractivity contribution in [2.24, 2.45) is 0 Å². The predicted molar refractivity (Wildman–Crippen MR) is 130 cm³/mol. The smallest absolute Gasteiger partial charge is 0.293 e. The van der Waals surface area contributed by atoms with Crippen LogP contribution in [0.5, 0.6) is 5.75 Å². The number of carbonyl (C=O) groups excluding carboxylic acids is 2. The van der Waals surface area contributed by atoms with Crippen molar-refractivity contribution in [3.05, 3.63) is 109 Å². The molecule has 3 aromatic rings. The van der Waals surface area contributed by atoms with Crippen LogP contribution in [0.1, 0.15) is 16.7 Å². The summed E-state index contributed by atoms with van der Waals surface area (Å²) in [4.78, 5) is 37.0. The second-order valence-corrected chi connectivity index (χ2v) is 9.08. The van der Waals surface area contributed by atoms with Crippen molar-refractivity contribution in [3.63, 3.8) is 0 Å². The number of ether oxygens (including phenoxy) is 1. The van der Waals surface area contributed by atoms with Crippen molar-refractivity contribution < 1.29 is 19.2 Å². The normalized spacial score (nSPS) is 14.7. The maximum Gasteiger partial charge on any atom is 0.293 e. The first-order chi connectivity index (χ1) is 15.9. The van der Waals surface area contributed by atoms with Crippen molar-refractivity contribution in [1.82, 2.24) is 4.90 Å². The van der Waals surface area contributed by atoms with Gasteiger partial charge >= 0.3 is 0 Å². The minimum Gasteiger partial charge on any atom is -0.489 e. The first-order valence-electron chi connectivity index (χ1n) is 9.85. The fraction of sp³-hybridized carbons (Fsp3) is 0.0833. The van der Waals surface area contributed by atoms with Crippen LogP contribution in [0.4, 0.5) is 10.5 Å². The Morgan fingerprint density at radius 2 is 1.58 bits per heavy atom. The van der Waals surface area contributed by atoms with Gasteiger partial charge in [-0.15, -0.1) is 0 Å². The van der Waals surface area contributed by atoms with Crippen LogP contribution >= 0.6 is 27.7 Å². The summed E-state index contributed by atoms with van der Waals surface area (Å²) in [6.45, 7) is 0.497. The van der Waals surface area contributed by atoms with E-state index in [0.29, 0.717) is 10.7 Å². The molecule has 0 atom stereocenters. The number of rotatable bonds is 7. The minimum atomic E-state index is -0.446. The van der Waals surface area contributed by atoms with Gasteiger partial charge in [0.25, 0.3) is 16.8 Å². The molecule has 1 saturated heterocycles. The van der Waals surface area contributed by atoms with Crippen LogP contribution in [0, 0.1) is 10.1 Å². The third kappa shape index (κ3) is 5.68. The number of thioether (sulfide) groups is 1. The number of nitro groups is 1. The van der Waals surface area contributed by atoms with E-state index in [4.69, 9.17) is 4.74 Å². The van der Waals surface area contributed by atoms with Gasteiger partial charge in [0, 0.05) is 16.6 Å². The van der Waals surface area contributed by atoms with E-state index in [-0.39, 0.29) is 30.0 Å². The van der Waals surface area contributed by atoms with E-state index in [9.17, 15) is 19.7 Å². The molecule has 0 saturated carbocycles. The van der Waals surface area contributed by atoms with Gasteiger partial charge in [-0.1, -0.05) is 40.2 Å². The van der Waals surface area contributed by atoms with Crippen LogP contribution < -0.4 is 4.74 Å². The number of amides is 2. The van der Waals surface area contributed by atoms with Gasteiger partial charge in [0.2, 0.25) is 0 Å². The molecule has 7 nitrogen and oxygen atoms in total. The highest BCUT2D eigenvalue weighted by atomic mass is 79.9. The molecule has 166 valence electrons. The summed E-state index contributed by atoms with van der Waals surface area (Å²) in [5, 5.41) is 10.4. The molecular formula is C24H17BrN2O5S. The zero-order chi connectivity index (χ0) is 23.4. The van der Waals surface area contributed by atoms with Crippen molar-refractivity contribution in [1.29, 1.82) is 0 Å². The molecule has 1 aliphatic heterocycles. The maximum atomic E-state index is 12.7. The first-order valence-corrected chi connectivity index (χ1v) is 11.5. The largest absolute Gasteiger partial charge is 0.489 e. The molecule has 9 heteroatoms. The van der Waals surface area contributed by atoms with Gasteiger partial charge in [0.1, 0.15) is 12.4 Å². The Balaban J connectivity index is 1.37. The lowest BCUT2D eigenvalue weighted by Gasteiger charge is -2.12. The number of hydrogen-bond acceptors (Lipinski definition) is 6. The number of halogens is 1. The summed E-state index contributed by atoms with van der Waals surface area (Å²) in [7, 11) is 0. The maximum absolute atomic E-state index is 12.7. The monoisotopic (exact) mass is 524 g/mol. The second-order valence-electron chi connectivity index (χ2n) is 7.18. The van der Waals surface area contributed by atoms with Crippen LogP contribution in [-0.4, -0.2) is 21.0 Å². The van der Waals surface area contributed by atoms with E-state index in [1.807, 2.05) is 24.3 Å². The van der Waals surface area contributed by atoms with Crippen molar-refractivity contribution in [2.45, 2.75) is 13.2 Å². The van der Waals surface area contributed by atoms with Gasteiger partial charge in [-0.2, -0.15) is 0 Å². The SMILES string of the molecule is O=C1S/C(=C\c2ccc(OCc3ccc([N+](=O)[O-])cc3)cc2)C(=O)N1Cc1ccc(Br)cc1. The molecule has 0 unspecified atom stereocenters. The lowest BCUT2D eigenvalue weighted by atomic mass is 10.2. The van der Waals surface area contributed by atoms with Crippen molar-refractivity contribution in [2.75, 3.05) is 0 Å². The lowest BCUT2D eigenvalue weighted by molar-refractivity contribution is -0.384. The number of hydrogen-bond donors (Lipinski definition) is 0. The Labute approximate surface area is 202 Å². The zero-order valence-electron chi connectivity index (χ0n) is 17.1. The Morgan fingerprint density at radius 1 is 0.939 bits per heavy atom. The highest BCUT2D eigenvalue weighted by Gasteiger charge is 2.34. The molecule has 1 fully saturated rings. The third-order valence-electron chi connectivity index (χ3n) is 4.86. The Hall–Kier alpha value is -3.43. The molecule has 0 spiro atoms. The van der Waals surface area contributed by atoms with E-state index in [1.54, 1.807) is 42.5 Å². The molecule has 0 aromatic heterocycles. The molecule has 1 aliphatic rings. The third-order valence-corrected chi connectivity index (χ3v) is 6.29. The molecule has 0 aliphatic carbocycles. The number of non-ortho nitro benzene ring substituents is 1. The fourth-order valence-corrected chi connectivity index (χ4v) is 4.20. The van der Waals surface area contributed by atoms with Gasteiger partial charge < -0.3 is 4.74 Å². The van der Waals surface area contributed by atoms with E-state index in [0.717, 1.165) is 32.9 Å². The Kier molecular flexibility index (Phi) is 6.90. The summed E-state index contributed by atoms with van der Waals surface area (Å²) in [6, 6.07) is 20.8. The van der Waals surface area contributed by atoms with Crippen molar-refractivity contribution in [3.8, 4) is 5.75 Å². The first kappa shape index (κ1) is 22.8. The lowest BCUT2D eigenvalue weighted by Crippen LogP contribution is -2.27. The molecule has 3 aromatic carbocycles. The van der Waals surface area contributed by atoms with E-state index >= 15 is 0 Å².